The minimum absolute atomic E-state index is 0.0367. The Morgan fingerprint density at radius 2 is 2.20 bits per heavy atom. The molecule has 1 fully saturated rings. The number of hydrogen-bond donors (Lipinski definition) is 1. The summed E-state index contributed by atoms with van der Waals surface area (Å²) in [4.78, 5) is 23.3. The average molecular weight is 280 g/mol. The Bertz CT molecular complexity index is 546. The van der Waals surface area contributed by atoms with E-state index in [1.54, 1.807) is 6.07 Å². The lowest BCUT2D eigenvalue weighted by Gasteiger charge is -2.38. The maximum absolute atomic E-state index is 11.2. The minimum Gasteiger partial charge on any atom is -0.477 e. The second-order valence-electron chi connectivity index (χ2n) is 4.91. The number of anilines is 1. The monoisotopic (exact) mass is 280 g/mol. The first kappa shape index (κ1) is 14.3. The maximum Gasteiger partial charge on any atom is 0.342 e. The highest BCUT2D eigenvalue weighted by Crippen LogP contribution is 2.28. The molecular weight excluding hydrogens is 264 g/mol. The molecule has 1 aromatic rings. The summed E-state index contributed by atoms with van der Waals surface area (Å²) in [5.74, 6) is -1.30. The van der Waals surface area contributed by atoms with Crippen molar-refractivity contribution in [1.29, 1.82) is 0 Å². The number of morpholine rings is 1. The van der Waals surface area contributed by atoms with E-state index in [9.17, 15) is 14.9 Å². The number of carbonyl (C=O) groups is 1. The van der Waals surface area contributed by atoms with Crippen LogP contribution in [-0.4, -0.2) is 41.3 Å². The number of nitrogens with zero attached hydrogens (tertiary/aromatic N) is 2. The molecule has 1 heterocycles. The van der Waals surface area contributed by atoms with Crippen LogP contribution in [0.3, 0.4) is 0 Å². The van der Waals surface area contributed by atoms with E-state index in [1.807, 2.05) is 18.7 Å². The predicted molar refractivity (Wildman–Crippen MR) is 72.3 cm³/mol. The van der Waals surface area contributed by atoms with Crippen molar-refractivity contribution in [1.82, 2.24) is 0 Å². The summed E-state index contributed by atoms with van der Waals surface area (Å²) in [6.45, 7) is 5.06. The zero-order valence-corrected chi connectivity index (χ0v) is 11.3. The Morgan fingerprint density at radius 3 is 2.80 bits per heavy atom. The van der Waals surface area contributed by atoms with Gasteiger partial charge in [-0.1, -0.05) is 0 Å². The van der Waals surface area contributed by atoms with Gasteiger partial charge in [-0.15, -0.1) is 0 Å². The van der Waals surface area contributed by atoms with Gasteiger partial charge in [0, 0.05) is 24.3 Å². The van der Waals surface area contributed by atoms with Crippen molar-refractivity contribution in [3.63, 3.8) is 0 Å². The van der Waals surface area contributed by atoms with Crippen LogP contribution in [0.25, 0.3) is 0 Å². The standard InChI is InChI=1S/C13H16N2O5/c1-8-7-20-9(2)6-14(8)10-3-4-12(15(18)19)11(5-10)13(16)17/h3-5,8-9H,6-7H2,1-2H3,(H,16,17). The lowest BCUT2D eigenvalue weighted by atomic mass is 10.1. The van der Waals surface area contributed by atoms with Gasteiger partial charge in [0.25, 0.3) is 5.69 Å². The number of carboxylic acid groups (broad SMARTS) is 1. The van der Waals surface area contributed by atoms with Gasteiger partial charge in [-0.05, 0) is 26.0 Å². The molecule has 1 N–H and O–H groups in total. The molecule has 0 spiro atoms. The van der Waals surface area contributed by atoms with Crippen molar-refractivity contribution in [2.24, 2.45) is 0 Å². The topological polar surface area (TPSA) is 92.9 Å². The van der Waals surface area contributed by atoms with Crippen LogP contribution < -0.4 is 4.90 Å². The van der Waals surface area contributed by atoms with Crippen LogP contribution in [0.5, 0.6) is 0 Å². The molecule has 1 aromatic carbocycles. The van der Waals surface area contributed by atoms with Gasteiger partial charge in [0.15, 0.2) is 0 Å². The molecule has 1 saturated heterocycles. The van der Waals surface area contributed by atoms with Gasteiger partial charge in [-0.25, -0.2) is 4.79 Å². The molecule has 0 radical (unpaired) electrons. The molecule has 0 saturated carbocycles. The highest BCUT2D eigenvalue weighted by atomic mass is 16.6. The summed E-state index contributed by atoms with van der Waals surface area (Å²) in [5.41, 5.74) is -0.0234. The van der Waals surface area contributed by atoms with Crippen molar-refractivity contribution in [2.45, 2.75) is 26.0 Å². The number of hydrogen-bond acceptors (Lipinski definition) is 5. The molecule has 7 nitrogen and oxygen atoms in total. The van der Waals surface area contributed by atoms with Crippen LogP contribution in [0.1, 0.15) is 24.2 Å². The van der Waals surface area contributed by atoms with E-state index in [-0.39, 0.29) is 17.7 Å². The SMILES string of the molecule is CC1CN(c2ccc([N+](=O)[O-])c(C(=O)O)c2)C(C)CO1. The average Bonchev–Trinajstić information content (AvgIpc) is 2.40. The van der Waals surface area contributed by atoms with Crippen molar-refractivity contribution < 1.29 is 19.6 Å². The van der Waals surface area contributed by atoms with E-state index in [4.69, 9.17) is 9.84 Å². The molecule has 108 valence electrons. The van der Waals surface area contributed by atoms with E-state index >= 15 is 0 Å². The number of carboxylic acids is 1. The van der Waals surface area contributed by atoms with Crippen LogP contribution in [0, 0.1) is 10.1 Å². The first-order chi connectivity index (χ1) is 9.40. The van der Waals surface area contributed by atoms with Crippen LogP contribution in [0.15, 0.2) is 18.2 Å². The Labute approximate surface area is 115 Å². The lowest BCUT2D eigenvalue weighted by molar-refractivity contribution is -0.385. The van der Waals surface area contributed by atoms with Crippen molar-refractivity contribution in [3.8, 4) is 0 Å². The lowest BCUT2D eigenvalue weighted by Crippen LogP contribution is -2.47. The number of benzene rings is 1. The number of rotatable bonds is 3. The fraction of sp³-hybridized carbons (Fsp3) is 0.462. The first-order valence-electron chi connectivity index (χ1n) is 6.30. The van der Waals surface area contributed by atoms with E-state index < -0.39 is 16.6 Å². The van der Waals surface area contributed by atoms with Crippen LogP contribution in [0.4, 0.5) is 11.4 Å². The molecule has 2 rings (SSSR count). The molecule has 0 bridgehead atoms. The smallest absolute Gasteiger partial charge is 0.342 e. The second kappa shape index (κ2) is 5.46. The first-order valence-corrected chi connectivity index (χ1v) is 6.30. The third-order valence-corrected chi connectivity index (χ3v) is 3.35. The van der Waals surface area contributed by atoms with Crippen molar-refractivity contribution >= 4 is 17.3 Å². The third-order valence-electron chi connectivity index (χ3n) is 3.35. The normalized spacial score (nSPS) is 22.6. The van der Waals surface area contributed by atoms with Gasteiger partial charge in [0.1, 0.15) is 5.56 Å². The minimum atomic E-state index is -1.30. The fourth-order valence-corrected chi connectivity index (χ4v) is 2.30. The summed E-state index contributed by atoms with van der Waals surface area (Å²) in [5, 5.41) is 19.9. The van der Waals surface area contributed by atoms with Crippen LogP contribution in [-0.2, 0) is 4.74 Å². The molecule has 1 aliphatic heterocycles. The van der Waals surface area contributed by atoms with E-state index in [0.717, 1.165) is 0 Å². The van der Waals surface area contributed by atoms with Gasteiger partial charge in [0.05, 0.1) is 17.6 Å². The summed E-state index contributed by atoms with van der Waals surface area (Å²) in [6, 6.07) is 4.27. The maximum atomic E-state index is 11.2. The molecule has 0 amide bonds. The largest absolute Gasteiger partial charge is 0.477 e. The van der Waals surface area contributed by atoms with Gasteiger partial charge >= 0.3 is 5.97 Å². The molecular formula is C13H16N2O5. The molecule has 2 atom stereocenters. The highest BCUT2D eigenvalue weighted by molar-refractivity contribution is 5.93. The van der Waals surface area contributed by atoms with E-state index in [2.05, 4.69) is 0 Å². The molecule has 0 aromatic heterocycles. The Morgan fingerprint density at radius 1 is 1.50 bits per heavy atom. The van der Waals surface area contributed by atoms with Crippen LogP contribution >= 0.6 is 0 Å². The second-order valence-corrected chi connectivity index (χ2v) is 4.91. The molecule has 20 heavy (non-hydrogen) atoms. The zero-order valence-electron chi connectivity index (χ0n) is 11.3. The Hall–Kier alpha value is -2.15. The summed E-state index contributed by atoms with van der Waals surface area (Å²) >= 11 is 0. The Kier molecular flexibility index (Phi) is 3.89. The summed E-state index contributed by atoms with van der Waals surface area (Å²) < 4.78 is 5.52. The molecule has 0 aliphatic carbocycles. The molecule has 7 heteroatoms. The van der Waals surface area contributed by atoms with Crippen molar-refractivity contribution in [2.75, 3.05) is 18.1 Å². The quantitative estimate of drug-likeness (QED) is 0.671. The van der Waals surface area contributed by atoms with Gasteiger partial charge in [-0.2, -0.15) is 0 Å². The highest BCUT2D eigenvalue weighted by Gasteiger charge is 2.27. The number of nitro benzene ring substituents is 1. The van der Waals surface area contributed by atoms with Crippen molar-refractivity contribution in [3.05, 3.63) is 33.9 Å². The van der Waals surface area contributed by atoms with Gasteiger partial charge in [0.2, 0.25) is 0 Å². The van der Waals surface area contributed by atoms with Gasteiger partial charge in [-0.3, -0.25) is 10.1 Å². The van der Waals surface area contributed by atoms with E-state index in [1.165, 1.54) is 12.1 Å². The van der Waals surface area contributed by atoms with Crippen LogP contribution in [0.2, 0.25) is 0 Å². The zero-order chi connectivity index (χ0) is 14.9. The summed E-state index contributed by atoms with van der Waals surface area (Å²) in [6.07, 6.45) is 0.0367. The fourth-order valence-electron chi connectivity index (χ4n) is 2.30. The number of ether oxygens (including phenoxy) is 1. The molecule has 2 unspecified atom stereocenters. The number of nitro groups is 1. The number of aromatic carboxylic acids is 1. The summed E-state index contributed by atoms with van der Waals surface area (Å²) in [7, 11) is 0. The molecule has 1 aliphatic rings. The predicted octanol–water partition coefficient (Wildman–Crippen LogP) is 1.91. The van der Waals surface area contributed by atoms with E-state index in [0.29, 0.717) is 18.8 Å². The Balaban J connectivity index is 2.40. The third kappa shape index (κ3) is 2.72. The van der Waals surface area contributed by atoms with Gasteiger partial charge < -0.3 is 14.7 Å².